The molecule has 0 atom stereocenters. The van der Waals surface area contributed by atoms with Gasteiger partial charge in [0.15, 0.2) is 0 Å². The predicted molar refractivity (Wildman–Crippen MR) is 52.8 cm³/mol. The molecule has 0 spiro atoms. The van der Waals surface area contributed by atoms with E-state index in [4.69, 9.17) is 0 Å². The van der Waals surface area contributed by atoms with Gasteiger partial charge in [0.1, 0.15) is 6.29 Å². The van der Waals surface area contributed by atoms with Gasteiger partial charge >= 0.3 is 0 Å². The van der Waals surface area contributed by atoms with E-state index >= 15 is 0 Å². The summed E-state index contributed by atoms with van der Waals surface area (Å²) in [5.41, 5.74) is 3.32. The zero-order chi connectivity index (χ0) is 9.26. The highest BCUT2D eigenvalue weighted by molar-refractivity contribution is 5.86. The Morgan fingerprint density at radius 2 is 2.15 bits per heavy atom. The Hall–Kier alpha value is -1.57. The van der Waals surface area contributed by atoms with Crippen LogP contribution in [0, 0.1) is 6.92 Å². The van der Waals surface area contributed by atoms with E-state index in [2.05, 4.69) is 4.98 Å². The molecule has 0 fully saturated rings. The largest absolute Gasteiger partial charge is 0.358 e. The highest BCUT2D eigenvalue weighted by atomic mass is 16.1. The van der Waals surface area contributed by atoms with E-state index in [0.29, 0.717) is 6.42 Å². The van der Waals surface area contributed by atoms with Crippen LogP contribution in [0.5, 0.6) is 0 Å². The smallest absolute Gasteiger partial charge is 0.124 e. The van der Waals surface area contributed by atoms with Gasteiger partial charge in [0, 0.05) is 23.0 Å². The summed E-state index contributed by atoms with van der Waals surface area (Å²) in [7, 11) is 0. The number of para-hydroxylation sites is 1. The van der Waals surface area contributed by atoms with Crippen LogP contribution in [0.4, 0.5) is 0 Å². The Balaban J connectivity index is 2.70. The monoisotopic (exact) mass is 173 g/mol. The van der Waals surface area contributed by atoms with E-state index in [1.165, 1.54) is 0 Å². The number of nitrogens with one attached hydrogen (secondary N) is 1. The van der Waals surface area contributed by atoms with Gasteiger partial charge in [-0.25, -0.2) is 0 Å². The van der Waals surface area contributed by atoms with Crippen LogP contribution in [0.25, 0.3) is 10.9 Å². The molecule has 13 heavy (non-hydrogen) atoms. The number of carbonyl (C=O) groups is 1. The normalized spacial score (nSPS) is 10.5. The predicted octanol–water partition coefficient (Wildman–Crippen LogP) is 2.22. The number of hydrogen-bond donors (Lipinski definition) is 1. The number of aryl methyl sites for hydroxylation is 1. The first-order valence-electron chi connectivity index (χ1n) is 4.32. The third-order valence-corrected chi connectivity index (χ3v) is 2.31. The number of rotatable bonds is 2. The Kier molecular flexibility index (Phi) is 1.89. The minimum atomic E-state index is 0.496. The van der Waals surface area contributed by atoms with Crippen molar-refractivity contribution in [2.24, 2.45) is 0 Å². The molecule has 0 saturated heterocycles. The molecule has 1 aromatic heterocycles. The molecule has 1 heterocycles. The van der Waals surface area contributed by atoms with Crippen LogP contribution < -0.4 is 0 Å². The summed E-state index contributed by atoms with van der Waals surface area (Å²) in [6, 6.07) is 8.04. The Morgan fingerprint density at radius 1 is 1.38 bits per heavy atom. The van der Waals surface area contributed by atoms with Gasteiger partial charge in [-0.15, -0.1) is 0 Å². The second-order valence-corrected chi connectivity index (χ2v) is 3.14. The summed E-state index contributed by atoms with van der Waals surface area (Å²) in [4.78, 5) is 13.7. The SMILES string of the molecule is Cc1[nH]c2ccccc2c1CC=O. The molecule has 0 saturated carbocycles. The van der Waals surface area contributed by atoms with Crippen molar-refractivity contribution in [1.29, 1.82) is 0 Å². The van der Waals surface area contributed by atoms with Crippen LogP contribution in [0.1, 0.15) is 11.3 Å². The molecule has 2 rings (SSSR count). The molecule has 0 aliphatic heterocycles. The van der Waals surface area contributed by atoms with Crippen molar-refractivity contribution >= 4 is 17.2 Å². The van der Waals surface area contributed by atoms with E-state index in [-0.39, 0.29) is 0 Å². The van der Waals surface area contributed by atoms with Crippen LogP contribution in [0.3, 0.4) is 0 Å². The first kappa shape index (κ1) is 8.05. The standard InChI is InChI=1S/C11H11NO/c1-8-9(6-7-13)10-4-2-3-5-11(10)12-8/h2-5,7,12H,6H2,1H3. The number of benzene rings is 1. The average molecular weight is 173 g/mol. The summed E-state index contributed by atoms with van der Waals surface area (Å²) >= 11 is 0. The lowest BCUT2D eigenvalue weighted by Crippen LogP contribution is -1.86. The van der Waals surface area contributed by atoms with Crippen molar-refractivity contribution in [1.82, 2.24) is 4.98 Å². The Morgan fingerprint density at radius 3 is 2.92 bits per heavy atom. The maximum atomic E-state index is 10.5. The van der Waals surface area contributed by atoms with Gasteiger partial charge in [-0.3, -0.25) is 0 Å². The van der Waals surface area contributed by atoms with Crippen LogP contribution in [-0.4, -0.2) is 11.3 Å². The third kappa shape index (κ3) is 1.24. The summed E-state index contributed by atoms with van der Waals surface area (Å²) < 4.78 is 0. The molecule has 66 valence electrons. The van der Waals surface area contributed by atoms with Gasteiger partial charge < -0.3 is 9.78 Å². The lowest BCUT2D eigenvalue weighted by molar-refractivity contribution is -0.107. The third-order valence-electron chi connectivity index (χ3n) is 2.31. The van der Waals surface area contributed by atoms with Crippen LogP contribution in [0.2, 0.25) is 0 Å². The molecular formula is C11H11NO. The van der Waals surface area contributed by atoms with Crippen molar-refractivity contribution in [2.45, 2.75) is 13.3 Å². The molecule has 1 N–H and O–H groups in total. The van der Waals surface area contributed by atoms with Crippen molar-refractivity contribution in [2.75, 3.05) is 0 Å². The van der Waals surface area contributed by atoms with E-state index in [1.807, 2.05) is 31.2 Å². The summed E-state index contributed by atoms with van der Waals surface area (Å²) in [5.74, 6) is 0. The fourth-order valence-corrected chi connectivity index (χ4v) is 1.68. The van der Waals surface area contributed by atoms with Gasteiger partial charge in [0.25, 0.3) is 0 Å². The van der Waals surface area contributed by atoms with Crippen molar-refractivity contribution in [3.8, 4) is 0 Å². The Bertz CT molecular complexity index is 442. The van der Waals surface area contributed by atoms with Crippen LogP contribution >= 0.6 is 0 Å². The fourth-order valence-electron chi connectivity index (χ4n) is 1.68. The molecule has 2 aromatic rings. The second kappa shape index (κ2) is 3.05. The lowest BCUT2D eigenvalue weighted by atomic mass is 10.1. The lowest BCUT2D eigenvalue weighted by Gasteiger charge is -1.92. The van der Waals surface area contributed by atoms with Gasteiger partial charge in [0.05, 0.1) is 0 Å². The molecular weight excluding hydrogens is 162 g/mol. The molecule has 2 heteroatoms. The van der Waals surface area contributed by atoms with Gasteiger partial charge in [0.2, 0.25) is 0 Å². The summed E-state index contributed by atoms with van der Waals surface area (Å²) in [6.45, 7) is 2.00. The van der Waals surface area contributed by atoms with Crippen molar-refractivity contribution < 1.29 is 4.79 Å². The van der Waals surface area contributed by atoms with Crippen molar-refractivity contribution in [3.05, 3.63) is 35.5 Å². The number of H-pyrrole nitrogens is 1. The Labute approximate surface area is 76.6 Å². The van der Waals surface area contributed by atoms with E-state index in [9.17, 15) is 4.79 Å². The topological polar surface area (TPSA) is 32.9 Å². The number of aromatic amines is 1. The van der Waals surface area contributed by atoms with E-state index in [0.717, 1.165) is 28.4 Å². The summed E-state index contributed by atoms with van der Waals surface area (Å²) in [5, 5.41) is 1.16. The molecule has 0 aliphatic rings. The zero-order valence-electron chi connectivity index (χ0n) is 7.50. The van der Waals surface area contributed by atoms with Gasteiger partial charge in [-0.05, 0) is 18.6 Å². The molecule has 2 nitrogen and oxygen atoms in total. The zero-order valence-corrected chi connectivity index (χ0v) is 7.50. The van der Waals surface area contributed by atoms with Crippen LogP contribution in [0.15, 0.2) is 24.3 Å². The van der Waals surface area contributed by atoms with Crippen LogP contribution in [-0.2, 0) is 11.2 Å². The second-order valence-electron chi connectivity index (χ2n) is 3.14. The molecule has 0 bridgehead atoms. The first-order chi connectivity index (χ1) is 6.33. The quantitative estimate of drug-likeness (QED) is 0.694. The highest BCUT2D eigenvalue weighted by Crippen LogP contribution is 2.21. The fraction of sp³-hybridized carbons (Fsp3) is 0.182. The summed E-state index contributed by atoms with van der Waals surface area (Å²) in [6.07, 6.45) is 1.44. The van der Waals surface area contributed by atoms with Crippen molar-refractivity contribution in [3.63, 3.8) is 0 Å². The maximum absolute atomic E-state index is 10.5. The molecule has 0 amide bonds. The minimum absolute atomic E-state index is 0.496. The van der Waals surface area contributed by atoms with Gasteiger partial charge in [-0.1, -0.05) is 18.2 Å². The highest BCUT2D eigenvalue weighted by Gasteiger charge is 2.05. The molecule has 0 unspecified atom stereocenters. The minimum Gasteiger partial charge on any atom is -0.358 e. The number of aromatic nitrogens is 1. The van der Waals surface area contributed by atoms with Gasteiger partial charge in [-0.2, -0.15) is 0 Å². The molecule has 0 aliphatic carbocycles. The number of fused-ring (bicyclic) bond motifs is 1. The molecule has 1 aromatic carbocycles. The maximum Gasteiger partial charge on any atom is 0.124 e. The van der Waals surface area contributed by atoms with E-state index in [1.54, 1.807) is 0 Å². The average Bonchev–Trinajstić information content (AvgIpc) is 2.44. The molecule has 0 radical (unpaired) electrons. The number of hydrogen-bond acceptors (Lipinski definition) is 1. The first-order valence-corrected chi connectivity index (χ1v) is 4.32. The number of aldehydes is 1. The van der Waals surface area contributed by atoms with E-state index < -0.39 is 0 Å². The number of carbonyl (C=O) groups excluding carboxylic acids is 1.